The van der Waals surface area contributed by atoms with Crippen LogP contribution in [-0.4, -0.2) is 12.7 Å². The van der Waals surface area contributed by atoms with Gasteiger partial charge in [-0.05, 0) is 38.3 Å². The van der Waals surface area contributed by atoms with Crippen LogP contribution in [0.5, 0.6) is 0 Å². The van der Waals surface area contributed by atoms with Crippen LogP contribution in [0.3, 0.4) is 0 Å². The number of hydrogen-bond donors (Lipinski definition) is 1. The van der Waals surface area contributed by atoms with Crippen LogP contribution in [0.4, 0.5) is 0 Å². The Morgan fingerprint density at radius 3 is 2.75 bits per heavy atom. The second kappa shape index (κ2) is 4.56. The van der Waals surface area contributed by atoms with Gasteiger partial charge < -0.3 is 10.5 Å². The lowest BCUT2D eigenvalue weighted by molar-refractivity contribution is 0.118. The lowest BCUT2D eigenvalue weighted by Gasteiger charge is -2.20. The summed E-state index contributed by atoms with van der Waals surface area (Å²) >= 11 is 0. The van der Waals surface area contributed by atoms with Gasteiger partial charge in [0.25, 0.3) is 0 Å². The monoisotopic (exact) mass is 219 g/mol. The summed E-state index contributed by atoms with van der Waals surface area (Å²) in [7, 11) is 0. The van der Waals surface area contributed by atoms with Gasteiger partial charge in [-0.2, -0.15) is 0 Å². The van der Waals surface area contributed by atoms with E-state index in [-0.39, 0.29) is 6.04 Å². The van der Waals surface area contributed by atoms with Crippen molar-refractivity contribution in [2.75, 3.05) is 6.61 Å². The zero-order valence-corrected chi connectivity index (χ0v) is 10.4. The minimum atomic E-state index is 0.116. The molecule has 1 aromatic rings. The Bertz CT molecular complexity index is 375. The fourth-order valence-corrected chi connectivity index (χ4v) is 2.47. The Morgan fingerprint density at radius 2 is 2.12 bits per heavy atom. The molecule has 1 aliphatic rings. The van der Waals surface area contributed by atoms with Crippen molar-refractivity contribution in [1.82, 2.24) is 0 Å². The predicted molar refractivity (Wildman–Crippen MR) is 66.4 cm³/mol. The summed E-state index contributed by atoms with van der Waals surface area (Å²) in [5.74, 6) is 0.468. The molecular formula is C14H21NO. The third-order valence-electron chi connectivity index (χ3n) is 3.53. The molecule has 0 spiro atoms. The molecule has 16 heavy (non-hydrogen) atoms. The molecule has 0 amide bonds. The molecule has 0 saturated carbocycles. The lowest BCUT2D eigenvalue weighted by Crippen LogP contribution is -2.22. The highest BCUT2D eigenvalue weighted by Gasteiger charge is 2.28. The molecule has 0 radical (unpaired) electrons. The first kappa shape index (κ1) is 11.6. The van der Waals surface area contributed by atoms with Crippen LogP contribution in [-0.2, 0) is 4.74 Å². The zero-order chi connectivity index (χ0) is 11.7. The fourth-order valence-electron chi connectivity index (χ4n) is 2.47. The molecule has 1 heterocycles. The molecule has 0 bridgehead atoms. The van der Waals surface area contributed by atoms with E-state index >= 15 is 0 Å². The lowest BCUT2D eigenvalue weighted by atomic mass is 9.88. The van der Waals surface area contributed by atoms with Crippen LogP contribution in [0, 0.1) is 19.8 Å². The summed E-state index contributed by atoms with van der Waals surface area (Å²) in [4.78, 5) is 0. The van der Waals surface area contributed by atoms with E-state index in [1.807, 2.05) is 0 Å². The minimum Gasteiger partial charge on any atom is -0.378 e. The number of benzene rings is 1. The summed E-state index contributed by atoms with van der Waals surface area (Å²) in [6, 6.07) is 6.62. The maximum absolute atomic E-state index is 6.35. The first-order valence-electron chi connectivity index (χ1n) is 6.02. The molecule has 88 valence electrons. The number of hydrogen-bond acceptors (Lipinski definition) is 2. The standard InChI is InChI=1S/C14H21NO/c1-9-4-5-10(2)13(6-9)14(15)12-7-11(3)16-8-12/h4-6,11-12,14H,7-8,15H2,1-3H3. The van der Waals surface area contributed by atoms with Gasteiger partial charge in [0.1, 0.15) is 0 Å². The normalized spacial score (nSPS) is 27.0. The van der Waals surface area contributed by atoms with Crippen LogP contribution in [0.25, 0.3) is 0 Å². The molecule has 1 aromatic carbocycles. The van der Waals surface area contributed by atoms with E-state index < -0.39 is 0 Å². The van der Waals surface area contributed by atoms with Crippen LogP contribution < -0.4 is 5.73 Å². The smallest absolute Gasteiger partial charge is 0.0551 e. The SMILES string of the molecule is Cc1ccc(C)c(C(N)C2COC(C)C2)c1. The molecule has 1 saturated heterocycles. The summed E-state index contributed by atoms with van der Waals surface area (Å²) in [6.07, 6.45) is 1.44. The van der Waals surface area contributed by atoms with Gasteiger partial charge in [0.2, 0.25) is 0 Å². The average molecular weight is 219 g/mol. The molecular weight excluding hydrogens is 198 g/mol. The van der Waals surface area contributed by atoms with Gasteiger partial charge in [-0.25, -0.2) is 0 Å². The Labute approximate surface area is 97.8 Å². The molecule has 2 heteroatoms. The summed E-state index contributed by atoms with van der Waals surface area (Å²) in [5.41, 5.74) is 10.2. The van der Waals surface area contributed by atoms with E-state index in [4.69, 9.17) is 10.5 Å². The largest absolute Gasteiger partial charge is 0.378 e. The molecule has 3 unspecified atom stereocenters. The number of ether oxygens (including phenoxy) is 1. The van der Waals surface area contributed by atoms with Crippen molar-refractivity contribution in [3.63, 3.8) is 0 Å². The highest BCUT2D eigenvalue weighted by molar-refractivity contribution is 5.33. The third kappa shape index (κ3) is 2.28. The van der Waals surface area contributed by atoms with Gasteiger partial charge in [-0.3, -0.25) is 0 Å². The second-order valence-corrected chi connectivity index (χ2v) is 5.03. The molecule has 2 nitrogen and oxygen atoms in total. The van der Waals surface area contributed by atoms with Crippen LogP contribution in [0.2, 0.25) is 0 Å². The maximum Gasteiger partial charge on any atom is 0.0551 e. The van der Waals surface area contributed by atoms with E-state index in [1.54, 1.807) is 0 Å². The highest BCUT2D eigenvalue weighted by atomic mass is 16.5. The van der Waals surface area contributed by atoms with Crippen molar-refractivity contribution in [3.05, 3.63) is 34.9 Å². The molecule has 2 rings (SSSR count). The first-order valence-corrected chi connectivity index (χ1v) is 6.02. The van der Waals surface area contributed by atoms with Crippen molar-refractivity contribution in [3.8, 4) is 0 Å². The van der Waals surface area contributed by atoms with E-state index in [9.17, 15) is 0 Å². The minimum absolute atomic E-state index is 0.116. The molecule has 0 aliphatic carbocycles. The first-order chi connectivity index (χ1) is 7.58. The Hall–Kier alpha value is -0.860. The third-order valence-corrected chi connectivity index (χ3v) is 3.53. The Morgan fingerprint density at radius 1 is 1.38 bits per heavy atom. The number of rotatable bonds is 2. The van der Waals surface area contributed by atoms with E-state index in [0.29, 0.717) is 12.0 Å². The summed E-state index contributed by atoms with van der Waals surface area (Å²) in [6.45, 7) is 7.17. The zero-order valence-electron chi connectivity index (χ0n) is 10.4. The number of nitrogens with two attached hydrogens (primary N) is 1. The van der Waals surface area contributed by atoms with Gasteiger partial charge >= 0.3 is 0 Å². The highest BCUT2D eigenvalue weighted by Crippen LogP contribution is 2.31. The van der Waals surface area contributed by atoms with Gasteiger partial charge in [-0.15, -0.1) is 0 Å². The van der Waals surface area contributed by atoms with Crippen molar-refractivity contribution < 1.29 is 4.74 Å². The Kier molecular flexibility index (Phi) is 3.31. The number of aryl methyl sites for hydroxylation is 2. The fraction of sp³-hybridized carbons (Fsp3) is 0.571. The van der Waals surface area contributed by atoms with Gasteiger partial charge in [0.05, 0.1) is 12.7 Å². The van der Waals surface area contributed by atoms with Crippen molar-refractivity contribution in [1.29, 1.82) is 0 Å². The quantitative estimate of drug-likeness (QED) is 0.830. The van der Waals surface area contributed by atoms with E-state index in [1.165, 1.54) is 16.7 Å². The molecule has 2 N–H and O–H groups in total. The topological polar surface area (TPSA) is 35.2 Å². The van der Waals surface area contributed by atoms with Crippen molar-refractivity contribution in [2.45, 2.75) is 39.3 Å². The van der Waals surface area contributed by atoms with E-state index in [2.05, 4.69) is 39.0 Å². The van der Waals surface area contributed by atoms with Gasteiger partial charge in [-0.1, -0.05) is 23.8 Å². The Balaban J connectivity index is 2.20. The van der Waals surface area contributed by atoms with Crippen LogP contribution in [0.1, 0.15) is 36.1 Å². The average Bonchev–Trinajstić information content (AvgIpc) is 2.67. The molecule has 0 aromatic heterocycles. The second-order valence-electron chi connectivity index (χ2n) is 5.03. The predicted octanol–water partition coefficient (Wildman–Crippen LogP) is 2.73. The van der Waals surface area contributed by atoms with Crippen LogP contribution in [0.15, 0.2) is 18.2 Å². The van der Waals surface area contributed by atoms with Gasteiger partial charge in [0, 0.05) is 12.0 Å². The van der Waals surface area contributed by atoms with Crippen molar-refractivity contribution >= 4 is 0 Å². The summed E-state index contributed by atoms with van der Waals surface area (Å²) < 4.78 is 5.60. The van der Waals surface area contributed by atoms with E-state index in [0.717, 1.165) is 13.0 Å². The van der Waals surface area contributed by atoms with Crippen LogP contribution >= 0.6 is 0 Å². The maximum atomic E-state index is 6.35. The molecule has 1 aliphatic heterocycles. The molecule has 3 atom stereocenters. The molecule has 1 fully saturated rings. The summed E-state index contributed by atoms with van der Waals surface area (Å²) in [5, 5.41) is 0. The van der Waals surface area contributed by atoms with Crippen molar-refractivity contribution in [2.24, 2.45) is 11.7 Å². The van der Waals surface area contributed by atoms with Gasteiger partial charge in [0.15, 0.2) is 0 Å².